The molecule has 1 rings (SSSR count). The lowest BCUT2D eigenvalue weighted by atomic mass is 10.0. The highest BCUT2D eigenvalue weighted by molar-refractivity contribution is 5.91. The van der Waals surface area contributed by atoms with Gasteiger partial charge in [-0.05, 0) is 12.1 Å². The lowest BCUT2D eigenvalue weighted by Crippen LogP contribution is -2.05. The zero-order valence-corrected chi connectivity index (χ0v) is 8.98. The smallest absolute Gasteiger partial charge is 0.336 e. The number of carbonyl (C=O) groups is 1. The Kier molecular flexibility index (Phi) is 3.72. The Morgan fingerprint density at radius 2 is 2.12 bits per heavy atom. The summed E-state index contributed by atoms with van der Waals surface area (Å²) in [4.78, 5) is 11.0. The lowest BCUT2D eigenvalue weighted by molar-refractivity contribution is 0.0695. The normalized spacial score (nSPS) is 9.31. The number of aromatic carboxylic acids is 1. The van der Waals surface area contributed by atoms with E-state index >= 15 is 0 Å². The maximum absolute atomic E-state index is 11.0. The van der Waals surface area contributed by atoms with E-state index in [1.165, 1.54) is 26.4 Å². The van der Waals surface area contributed by atoms with Crippen LogP contribution in [0.25, 0.3) is 0 Å². The van der Waals surface area contributed by atoms with E-state index in [0.29, 0.717) is 17.1 Å². The fourth-order valence-electron chi connectivity index (χ4n) is 1.45. The summed E-state index contributed by atoms with van der Waals surface area (Å²) in [6, 6.07) is 4.81. The van der Waals surface area contributed by atoms with Gasteiger partial charge in [-0.3, -0.25) is 0 Å². The molecule has 0 unspecified atom stereocenters. The molecule has 0 fully saturated rings. The molecule has 0 saturated heterocycles. The summed E-state index contributed by atoms with van der Waals surface area (Å²) in [5, 5.41) is 17.6. The number of carboxylic acids is 1. The topological polar surface area (TPSA) is 79.5 Å². The zero-order chi connectivity index (χ0) is 12.1. The molecule has 0 aliphatic carbocycles. The number of benzene rings is 1. The van der Waals surface area contributed by atoms with Crippen molar-refractivity contribution in [2.75, 3.05) is 14.2 Å². The highest BCUT2D eigenvalue weighted by Gasteiger charge is 2.18. The van der Waals surface area contributed by atoms with Crippen molar-refractivity contribution >= 4 is 5.97 Å². The lowest BCUT2D eigenvalue weighted by Gasteiger charge is -2.12. The third-order valence-corrected chi connectivity index (χ3v) is 2.13. The van der Waals surface area contributed by atoms with Gasteiger partial charge >= 0.3 is 5.97 Å². The van der Waals surface area contributed by atoms with Gasteiger partial charge in [-0.25, -0.2) is 4.79 Å². The van der Waals surface area contributed by atoms with E-state index in [1.807, 2.05) is 6.07 Å². The fraction of sp³-hybridized carbons (Fsp3) is 0.273. The van der Waals surface area contributed by atoms with E-state index in [0.717, 1.165) is 0 Å². The van der Waals surface area contributed by atoms with E-state index in [9.17, 15) is 4.79 Å². The summed E-state index contributed by atoms with van der Waals surface area (Å²) in [5.41, 5.74) is 0.385. The van der Waals surface area contributed by atoms with Gasteiger partial charge in [-0.2, -0.15) is 5.26 Å². The van der Waals surface area contributed by atoms with Crippen LogP contribution in [0.4, 0.5) is 0 Å². The van der Waals surface area contributed by atoms with Crippen LogP contribution in [0, 0.1) is 11.3 Å². The van der Waals surface area contributed by atoms with Gasteiger partial charge in [-0.15, -0.1) is 0 Å². The van der Waals surface area contributed by atoms with E-state index in [2.05, 4.69) is 0 Å². The summed E-state index contributed by atoms with van der Waals surface area (Å²) in [5.74, 6) is -0.382. The van der Waals surface area contributed by atoms with Crippen LogP contribution in [-0.4, -0.2) is 25.3 Å². The molecule has 0 atom stereocenters. The van der Waals surface area contributed by atoms with Crippen LogP contribution < -0.4 is 9.47 Å². The second-order valence-corrected chi connectivity index (χ2v) is 2.97. The Hall–Kier alpha value is -2.22. The molecule has 1 N–H and O–H groups in total. The summed E-state index contributed by atoms with van der Waals surface area (Å²) < 4.78 is 10.1. The van der Waals surface area contributed by atoms with Crippen molar-refractivity contribution in [1.82, 2.24) is 0 Å². The molecule has 1 aromatic carbocycles. The minimum atomic E-state index is -1.09. The van der Waals surface area contributed by atoms with Gasteiger partial charge in [0.05, 0.1) is 32.3 Å². The molecule has 0 spiro atoms. The molecule has 0 aromatic heterocycles. The fourth-order valence-corrected chi connectivity index (χ4v) is 1.45. The van der Waals surface area contributed by atoms with E-state index in [-0.39, 0.29) is 12.0 Å². The maximum atomic E-state index is 11.0. The summed E-state index contributed by atoms with van der Waals surface area (Å²) >= 11 is 0. The van der Waals surface area contributed by atoms with Crippen molar-refractivity contribution in [1.29, 1.82) is 5.26 Å². The summed E-state index contributed by atoms with van der Waals surface area (Å²) in [6.07, 6.45) is -0.0397. The van der Waals surface area contributed by atoms with Crippen LogP contribution in [0.15, 0.2) is 12.1 Å². The van der Waals surface area contributed by atoms with Gasteiger partial charge in [0.15, 0.2) is 11.5 Å². The van der Waals surface area contributed by atoms with Crippen molar-refractivity contribution < 1.29 is 19.4 Å². The first-order chi connectivity index (χ1) is 7.65. The number of nitrogens with zero attached hydrogens (tertiary/aromatic N) is 1. The number of carboxylic acid groups (broad SMARTS) is 1. The molecule has 0 amide bonds. The third-order valence-electron chi connectivity index (χ3n) is 2.13. The van der Waals surface area contributed by atoms with Crippen LogP contribution in [-0.2, 0) is 6.42 Å². The molecule has 0 aliphatic rings. The molecular weight excluding hydrogens is 210 g/mol. The van der Waals surface area contributed by atoms with Crippen molar-refractivity contribution in [3.05, 3.63) is 23.3 Å². The Bertz CT molecular complexity index is 448. The first kappa shape index (κ1) is 11.9. The molecule has 0 saturated carbocycles. The molecule has 0 heterocycles. The van der Waals surface area contributed by atoms with Crippen molar-refractivity contribution in [3.8, 4) is 17.6 Å². The van der Waals surface area contributed by atoms with Crippen molar-refractivity contribution in [2.45, 2.75) is 6.42 Å². The van der Waals surface area contributed by atoms with Crippen molar-refractivity contribution in [3.63, 3.8) is 0 Å². The second kappa shape index (κ2) is 5.03. The first-order valence-electron chi connectivity index (χ1n) is 4.49. The molecule has 5 heteroatoms. The highest BCUT2D eigenvalue weighted by Crippen LogP contribution is 2.33. The predicted molar refractivity (Wildman–Crippen MR) is 55.8 cm³/mol. The molecular formula is C11H11NO4. The van der Waals surface area contributed by atoms with Gasteiger partial charge in [0.25, 0.3) is 0 Å². The molecule has 5 nitrogen and oxygen atoms in total. The predicted octanol–water partition coefficient (Wildman–Crippen LogP) is 1.47. The molecule has 1 aromatic rings. The Labute approximate surface area is 92.8 Å². The molecule has 84 valence electrons. The Morgan fingerprint density at radius 3 is 2.56 bits per heavy atom. The quantitative estimate of drug-likeness (QED) is 0.832. The number of hydrogen-bond acceptors (Lipinski definition) is 4. The summed E-state index contributed by atoms with van der Waals surface area (Å²) in [6.45, 7) is 0. The largest absolute Gasteiger partial charge is 0.493 e. The van der Waals surface area contributed by atoms with Crippen LogP contribution >= 0.6 is 0 Å². The Morgan fingerprint density at radius 1 is 1.44 bits per heavy atom. The van der Waals surface area contributed by atoms with Crippen LogP contribution in [0.1, 0.15) is 15.9 Å². The number of rotatable bonds is 4. The number of hydrogen-bond donors (Lipinski definition) is 1. The highest BCUT2D eigenvalue weighted by atomic mass is 16.5. The standard InChI is InChI=1S/C11H11NO4/c1-15-9-4-3-8(11(13)14)7(5-6-12)10(9)16-2/h3-4H,5H2,1-2H3,(H,13,14). The number of nitriles is 1. The monoisotopic (exact) mass is 221 g/mol. The van der Waals surface area contributed by atoms with E-state index < -0.39 is 5.97 Å². The average Bonchev–Trinajstić information content (AvgIpc) is 2.28. The van der Waals surface area contributed by atoms with E-state index in [1.54, 1.807) is 0 Å². The molecule has 0 radical (unpaired) electrons. The van der Waals surface area contributed by atoms with Crippen molar-refractivity contribution in [2.24, 2.45) is 0 Å². The maximum Gasteiger partial charge on any atom is 0.336 e. The van der Waals surface area contributed by atoms with E-state index in [4.69, 9.17) is 19.8 Å². The molecule has 0 bridgehead atoms. The van der Waals surface area contributed by atoms with Crippen LogP contribution in [0.2, 0.25) is 0 Å². The van der Waals surface area contributed by atoms with Gasteiger partial charge in [0, 0.05) is 5.56 Å². The van der Waals surface area contributed by atoms with Gasteiger partial charge in [0.1, 0.15) is 0 Å². The Balaban J connectivity index is 3.44. The first-order valence-corrected chi connectivity index (χ1v) is 4.49. The van der Waals surface area contributed by atoms with Crippen LogP contribution in [0.3, 0.4) is 0 Å². The van der Waals surface area contributed by atoms with Gasteiger partial charge < -0.3 is 14.6 Å². The SMILES string of the molecule is COc1ccc(C(=O)O)c(CC#N)c1OC. The zero-order valence-electron chi connectivity index (χ0n) is 8.98. The average molecular weight is 221 g/mol. The molecule has 0 aliphatic heterocycles. The van der Waals surface area contributed by atoms with Crippen LogP contribution in [0.5, 0.6) is 11.5 Å². The molecule has 16 heavy (non-hydrogen) atoms. The second-order valence-electron chi connectivity index (χ2n) is 2.97. The minimum absolute atomic E-state index is 0.0397. The third kappa shape index (κ3) is 2.06. The van der Waals surface area contributed by atoms with Gasteiger partial charge in [-0.1, -0.05) is 0 Å². The number of methoxy groups -OCH3 is 2. The number of ether oxygens (including phenoxy) is 2. The summed E-state index contributed by atoms with van der Waals surface area (Å²) in [7, 11) is 2.86. The van der Waals surface area contributed by atoms with Gasteiger partial charge in [0.2, 0.25) is 0 Å². The minimum Gasteiger partial charge on any atom is -0.493 e.